The molecule has 3 N–H and O–H groups in total. The maximum atomic E-state index is 11.0. The van der Waals surface area contributed by atoms with Gasteiger partial charge >= 0.3 is 0 Å². The summed E-state index contributed by atoms with van der Waals surface area (Å²) in [6.07, 6.45) is 0. The van der Waals surface area contributed by atoms with E-state index in [0.717, 1.165) is 11.4 Å². The molecule has 1 amide bonds. The zero-order valence-electron chi connectivity index (χ0n) is 6.86. The number of nitrogens with two attached hydrogens (primary N) is 1. The number of hydrogen-bond acceptors (Lipinski definition) is 3. The number of para-hydroxylation sites is 2. The number of halogens is 1. The van der Waals surface area contributed by atoms with Crippen molar-refractivity contribution in [1.29, 1.82) is 0 Å². The number of hydrazine groups is 1. The van der Waals surface area contributed by atoms with Crippen LogP contribution in [0.1, 0.15) is 0 Å². The summed E-state index contributed by atoms with van der Waals surface area (Å²) in [5.41, 5.74) is 1.63. The first-order chi connectivity index (χ1) is 5.77. The Bertz CT molecular complexity index is 329. The summed E-state index contributed by atoms with van der Waals surface area (Å²) in [5.74, 6) is 5.54. The number of amides is 1. The zero-order valence-corrected chi connectivity index (χ0v) is 7.67. The van der Waals surface area contributed by atoms with E-state index in [9.17, 15) is 4.79 Å². The van der Waals surface area contributed by atoms with Crippen molar-refractivity contribution in [3.63, 3.8) is 0 Å². The highest BCUT2D eigenvalue weighted by Gasteiger charge is 2.17. The number of benzene rings is 1. The van der Waals surface area contributed by atoms with E-state index in [0.29, 0.717) is 0 Å². The van der Waals surface area contributed by atoms with Crippen LogP contribution in [0.3, 0.4) is 0 Å². The molecule has 1 heterocycles. The number of nitrogens with zero attached hydrogens (tertiary/aromatic N) is 1. The minimum absolute atomic E-state index is 0. The maximum absolute atomic E-state index is 11.0. The summed E-state index contributed by atoms with van der Waals surface area (Å²) in [5, 5.41) is 4.17. The van der Waals surface area contributed by atoms with E-state index in [2.05, 4.69) is 5.32 Å². The summed E-state index contributed by atoms with van der Waals surface area (Å²) >= 11 is 0. The molecule has 0 bridgehead atoms. The van der Waals surface area contributed by atoms with Crippen LogP contribution in [0.25, 0.3) is 0 Å². The lowest BCUT2D eigenvalue weighted by atomic mass is 10.2. The summed E-state index contributed by atoms with van der Waals surface area (Å²) in [6.45, 7) is 0.219. The summed E-state index contributed by atoms with van der Waals surface area (Å²) in [4.78, 5) is 11.0. The van der Waals surface area contributed by atoms with Gasteiger partial charge in [0.15, 0.2) is 0 Å². The SMILES string of the molecule is Cl.NN1CC(=O)Nc2ccccc21. The number of hydrogen-bond donors (Lipinski definition) is 2. The minimum atomic E-state index is -0.0730. The Morgan fingerprint density at radius 2 is 2.08 bits per heavy atom. The van der Waals surface area contributed by atoms with Gasteiger partial charge in [-0.05, 0) is 12.1 Å². The fourth-order valence-corrected chi connectivity index (χ4v) is 1.26. The number of fused-ring (bicyclic) bond motifs is 1. The van der Waals surface area contributed by atoms with E-state index in [1.54, 1.807) is 0 Å². The predicted molar refractivity (Wildman–Crippen MR) is 53.9 cm³/mol. The number of rotatable bonds is 0. The zero-order chi connectivity index (χ0) is 8.55. The van der Waals surface area contributed by atoms with Gasteiger partial charge in [0.2, 0.25) is 5.91 Å². The standard InChI is InChI=1S/C8H9N3O.ClH/c9-11-5-8(12)10-6-3-1-2-4-7(6)11;/h1-4H,5,9H2,(H,10,12);1H. The van der Waals surface area contributed by atoms with E-state index in [1.165, 1.54) is 5.01 Å². The smallest absolute Gasteiger partial charge is 0.245 e. The third-order valence-corrected chi connectivity index (χ3v) is 1.80. The molecule has 5 heteroatoms. The first-order valence-corrected chi connectivity index (χ1v) is 3.68. The number of anilines is 2. The molecule has 0 atom stereocenters. The highest BCUT2D eigenvalue weighted by Crippen LogP contribution is 2.25. The van der Waals surface area contributed by atoms with E-state index >= 15 is 0 Å². The fraction of sp³-hybridized carbons (Fsp3) is 0.125. The van der Waals surface area contributed by atoms with Crippen LogP contribution in [0.2, 0.25) is 0 Å². The molecule has 70 valence electrons. The lowest BCUT2D eigenvalue weighted by Crippen LogP contribution is -2.42. The second kappa shape index (κ2) is 3.64. The van der Waals surface area contributed by atoms with E-state index in [1.807, 2.05) is 24.3 Å². The van der Waals surface area contributed by atoms with Crippen molar-refractivity contribution in [3.8, 4) is 0 Å². The largest absolute Gasteiger partial charge is 0.323 e. The first-order valence-electron chi connectivity index (χ1n) is 3.68. The van der Waals surface area contributed by atoms with Crippen molar-refractivity contribution in [3.05, 3.63) is 24.3 Å². The van der Waals surface area contributed by atoms with Crippen LogP contribution in [-0.2, 0) is 4.79 Å². The van der Waals surface area contributed by atoms with Crippen molar-refractivity contribution in [2.45, 2.75) is 0 Å². The van der Waals surface area contributed by atoms with Gasteiger partial charge in [-0.15, -0.1) is 12.4 Å². The Hall–Kier alpha value is -1.26. The van der Waals surface area contributed by atoms with Crippen molar-refractivity contribution in [2.75, 3.05) is 16.9 Å². The summed E-state index contributed by atoms with van der Waals surface area (Å²) < 4.78 is 0. The molecule has 4 nitrogen and oxygen atoms in total. The van der Waals surface area contributed by atoms with Crippen LogP contribution < -0.4 is 16.2 Å². The Morgan fingerprint density at radius 3 is 2.85 bits per heavy atom. The molecule has 1 aromatic rings. The van der Waals surface area contributed by atoms with E-state index < -0.39 is 0 Å². The molecule has 0 radical (unpaired) electrons. The highest BCUT2D eigenvalue weighted by molar-refractivity contribution is 6.00. The number of carbonyl (C=O) groups excluding carboxylic acids is 1. The average molecular weight is 200 g/mol. The van der Waals surface area contributed by atoms with Gasteiger partial charge in [-0.1, -0.05) is 12.1 Å². The molecule has 13 heavy (non-hydrogen) atoms. The van der Waals surface area contributed by atoms with Crippen LogP contribution in [0.4, 0.5) is 11.4 Å². The summed E-state index contributed by atoms with van der Waals surface area (Å²) in [6, 6.07) is 7.44. The molecular weight excluding hydrogens is 190 g/mol. The molecule has 0 aliphatic carbocycles. The Labute approximate surface area is 82.1 Å². The van der Waals surface area contributed by atoms with Crippen LogP contribution >= 0.6 is 12.4 Å². The van der Waals surface area contributed by atoms with Gasteiger partial charge in [-0.25, -0.2) is 5.84 Å². The maximum Gasteiger partial charge on any atom is 0.245 e. The van der Waals surface area contributed by atoms with Crippen LogP contribution in [0.15, 0.2) is 24.3 Å². The van der Waals surface area contributed by atoms with Crippen molar-refractivity contribution < 1.29 is 4.79 Å². The van der Waals surface area contributed by atoms with Gasteiger partial charge < -0.3 is 5.32 Å². The topological polar surface area (TPSA) is 58.4 Å². The second-order valence-electron chi connectivity index (χ2n) is 2.69. The molecular formula is C8H10ClN3O. The highest BCUT2D eigenvalue weighted by atomic mass is 35.5. The molecule has 0 unspecified atom stereocenters. The summed E-state index contributed by atoms with van der Waals surface area (Å²) in [7, 11) is 0. The Balaban J connectivity index is 0.000000845. The Morgan fingerprint density at radius 1 is 1.38 bits per heavy atom. The molecule has 0 saturated carbocycles. The van der Waals surface area contributed by atoms with Crippen molar-refractivity contribution >= 4 is 29.7 Å². The monoisotopic (exact) mass is 199 g/mol. The van der Waals surface area contributed by atoms with Crippen LogP contribution in [-0.4, -0.2) is 12.5 Å². The van der Waals surface area contributed by atoms with Gasteiger partial charge in [0.05, 0.1) is 11.4 Å². The molecule has 1 aliphatic rings. The fourth-order valence-electron chi connectivity index (χ4n) is 1.26. The number of carbonyl (C=O) groups is 1. The number of nitrogens with one attached hydrogen (secondary N) is 1. The van der Waals surface area contributed by atoms with Crippen LogP contribution in [0, 0.1) is 0 Å². The van der Waals surface area contributed by atoms with Crippen molar-refractivity contribution in [2.24, 2.45) is 5.84 Å². The molecule has 0 spiro atoms. The lowest BCUT2D eigenvalue weighted by molar-refractivity contribution is -0.115. The van der Waals surface area contributed by atoms with E-state index in [4.69, 9.17) is 5.84 Å². The third-order valence-electron chi connectivity index (χ3n) is 1.80. The van der Waals surface area contributed by atoms with Crippen molar-refractivity contribution in [1.82, 2.24) is 0 Å². The molecule has 1 aliphatic heterocycles. The second-order valence-corrected chi connectivity index (χ2v) is 2.69. The normalized spacial score (nSPS) is 14.2. The molecule has 2 rings (SSSR count). The first kappa shape index (κ1) is 9.83. The van der Waals surface area contributed by atoms with Gasteiger partial charge in [-0.2, -0.15) is 0 Å². The van der Waals surface area contributed by atoms with Gasteiger partial charge in [0.25, 0.3) is 0 Å². The van der Waals surface area contributed by atoms with Gasteiger partial charge in [0.1, 0.15) is 6.54 Å². The van der Waals surface area contributed by atoms with Crippen LogP contribution in [0.5, 0.6) is 0 Å². The minimum Gasteiger partial charge on any atom is -0.323 e. The molecule has 0 aromatic heterocycles. The Kier molecular flexibility index (Phi) is 2.75. The van der Waals surface area contributed by atoms with Gasteiger partial charge in [0, 0.05) is 0 Å². The predicted octanol–water partition coefficient (Wildman–Crippen LogP) is 0.741. The quantitative estimate of drug-likeness (QED) is 0.606. The lowest BCUT2D eigenvalue weighted by Gasteiger charge is -2.26. The molecule has 0 saturated heterocycles. The van der Waals surface area contributed by atoms with Gasteiger partial charge in [-0.3, -0.25) is 9.80 Å². The average Bonchev–Trinajstić information content (AvgIpc) is 2.04. The van der Waals surface area contributed by atoms with E-state index in [-0.39, 0.29) is 24.9 Å². The molecule has 1 aromatic carbocycles. The third kappa shape index (κ3) is 1.74. The molecule has 0 fully saturated rings.